The predicted molar refractivity (Wildman–Crippen MR) is 75.7 cm³/mol. The van der Waals surface area contributed by atoms with Crippen LogP contribution in [0.15, 0.2) is 30.3 Å². The maximum absolute atomic E-state index is 13.4. The maximum Gasteiger partial charge on any atom is 0.200 e. The Hall–Kier alpha value is -2.68. The van der Waals surface area contributed by atoms with Crippen molar-refractivity contribution in [1.82, 2.24) is 25.3 Å². The molecule has 9 heteroatoms. The number of halogens is 2. The van der Waals surface area contributed by atoms with Crippen LogP contribution >= 0.6 is 0 Å². The molecule has 7 nitrogen and oxygen atoms in total. The van der Waals surface area contributed by atoms with E-state index in [9.17, 15) is 8.78 Å². The Labute approximate surface area is 129 Å². The summed E-state index contributed by atoms with van der Waals surface area (Å²) in [4.78, 5) is 0. The minimum atomic E-state index is -0.884. The molecule has 23 heavy (non-hydrogen) atoms. The molecule has 2 aromatic heterocycles. The summed E-state index contributed by atoms with van der Waals surface area (Å²) >= 11 is 0. The lowest BCUT2D eigenvalue weighted by Gasteiger charge is -2.20. The van der Waals surface area contributed by atoms with Gasteiger partial charge in [0, 0.05) is 6.61 Å². The molecular weight excluding hydrogens is 306 g/mol. The summed E-state index contributed by atoms with van der Waals surface area (Å²) in [6.45, 7) is 0.522. The molecule has 1 N–H and O–H groups in total. The van der Waals surface area contributed by atoms with E-state index in [1.807, 2.05) is 0 Å². The Morgan fingerprint density at radius 3 is 2.96 bits per heavy atom. The van der Waals surface area contributed by atoms with Gasteiger partial charge in [0.2, 0.25) is 0 Å². The van der Waals surface area contributed by atoms with E-state index in [-0.39, 0.29) is 12.1 Å². The first-order valence-corrected chi connectivity index (χ1v) is 7.09. The summed E-state index contributed by atoms with van der Waals surface area (Å²) in [5.74, 6) is -1.18. The Morgan fingerprint density at radius 2 is 2.09 bits per heavy atom. The van der Waals surface area contributed by atoms with Crippen molar-refractivity contribution in [3.05, 3.63) is 47.5 Å². The summed E-state index contributed by atoms with van der Waals surface area (Å²) in [5.41, 5.74) is 1.12. The van der Waals surface area contributed by atoms with Crippen molar-refractivity contribution in [2.75, 3.05) is 11.9 Å². The van der Waals surface area contributed by atoms with Crippen molar-refractivity contribution < 1.29 is 13.5 Å². The van der Waals surface area contributed by atoms with Crippen molar-refractivity contribution in [2.24, 2.45) is 0 Å². The number of nitrogens with one attached hydrogen (secondary N) is 1. The van der Waals surface area contributed by atoms with E-state index in [2.05, 4.69) is 25.9 Å². The highest BCUT2D eigenvalue weighted by Crippen LogP contribution is 2.31. The highest BCUT2D eigenvalue weighted by Gasteiger charge is 2.30. The first-order valence-electron chi connectivity index (χ1n) is 7.09. The predicted octanol–water partition coefficient (Wildman–Crippen LogP) is 1.74. The smallest absolute Gasteiger partial charge is 0.200 e. The van der Waals surface area contributed by atoms with Gasteiger partial charge in [-0.2, -0.15) is 0 Å². The quantitative estimate of drug-likeness (QED) is 0.792. The third kappa shape index (κ3) is 2.59. The lowest BCUT2D eigenvalue weighted by atomic mass is 10.0. The Kier molecular flexibility index (Phi) is 3.34. The molecule has 1 aromatic carbocycles. The minimum absolute atomic E-state index is 0.110. The van der Waals surface area contributed by atoms with Crippen molar-refractivity contribution in [3.63, 3.8) is 0 Å². The molecule has 1 aliphatic rings. The Bertz CT molecular complexity index is 854. The number of hydrogen-bond acceptors (Lipinski definition) is 6. The van der Waals surface area contributed by atoms with Crippen molar-refractivity contribution in [3.8, 4) is 0 Å². The average molecular weight is 318 g/mol. The lowest BCUT2D eigenvalue weighted by molar-refractivity contribution is 0.107. The van der Waals surface area contributed by atoms with Crippen LogP contribution in [-0.4, -0.2) is 37.9 Å². The molecule has 4 rings (SSSR count). The van der Waals surface area contributed by atoms with Crippen LogP contribution in [0, 0.1) is 11.6 Å². The topological polar surface area (TPSA) is 77.2 Å². The molecule has 2 atom stereocenters. The lowest BCUT2D eigenvalue weighted by Crippen LogP contribution is -2.24. The van der Waals surface area contributed by atoms with Crippen LogP contribution in [0.1, 0.15) is 18.1 Å². The van der Waals surface area contributed by atoms with Gasteiger partial charge in [0.1, 0.15) is 11.9 Å². The molecule has 1 saturated heterocycles. The number of anilines is 1. The zero-order valence-electron chi connectivity index (χ0n) is 11.9. The second-order valence-corrected chi connectivity index (χ2v) is 5.25. The van der Waals surface area contributed by atoms with E-state index in [1.54, 1.807) is 12.1 Å². The van der Waals surface area contributed by atoms with Crippen LogP contribution in [0.4, 0.5) is 14.6 Å². The van der Waals surface area contributed by atoms with Gasteiger partial charge in [0.15, 0.2) is 17.3 Å². The van der Waals surface area contributed by atoms with Crippen molar-refractivity contribution >= 4 is 11.5 Å². The summed E-state index contributed by atoms with van der Waals surface area (Å²) in [6, 6.07) is 7.18. The van der Waals surface area contributed by atoms with Gasteiger partial charge in [-0.15, -0.1) is 14.8 Å². The normalized spacial score (nSPS) is 21.0. The molecule has 118 valence electrons. The fraction of sp³-hybridized carbons (Fsp3) is 0.286. The van der Waals surface area contributed by atoms with E-state index in [4.69, 9.17) is 4.74 Å². The molecule has 0 amide bonds. The molecular formula is C14H12F2N6O. The monoisotopic (exact) mass is 318 g/mol. The number of ether oxygens (including phenoxy) is 1. The highest BCUT2D eigenvalue weighted by atomic mass is 19.2. The highest BCUT2D eigenvalue weighted by molar-refractivity contribution is 5.43. The van der Waals surface area contributed by atoms with Crippen molar-refractivity contribution in [2.45, 2.75) is 18.6 Å². The van der Waals surface area contributed by atoms with Crippen LogP contribution in [-0.2, 0) is 4.74 Å². The molecule has 2 unspecified atom stereocenters. The first kappa shape index (κ1) is 13.9. The first-order chi connectivity index (χ1) is 11.2. The van der Waals surface area contributed by atoms with E-state index in [0.29, 0.717) is 23.6 Å². The van der Waals surface area contributed by atoms with Crippen LogP contribution in [0.2, 0.25) is 0 Å². The maximum atomic E-state index is 13.4. The summed E-state index contributed by atoms with van der Waals surface area (Å²) < 4.78 is 33.5. The van der Waals surface area contributed by atoms with Gasteiger partial charge in [-0.1, -0.05) is 6.07 Å². The molecule has 3 heterocycles. The number of benzene rings is 1. The largest absolute Gasteiger partial charge is 0.371 e. The Morgan fingerprint density at radius 1 is 1.17 bits per heavy atom. The molecule has 0 spiro atoms. The molecule has 1 fully saturated rings. The number of hydrogen-bond donors (Lipinski definition) is 1. The molecule has 3 aromatic rings. The third-order valence-electron chi connectivity index (χ3n) is 3.77. The summed E-state index contributed by atoms with van der Waals surface area (Å²) in [5, 5.41) is 18.5. The molecule has 0 radical (unpaired) electrons. The molecule has 0 saturated carbocycles. The van der Waals surface area contributed by atoms with Gasteiger partial charge in [-0.05, 0) is 46.7 Å². The van der Waals surface area contributed by atoms with Crippen LogP contribution < -0.4 is 5.32 Å². The third-order valence-corrected chi connectivity index (χ3v) is 3.77. The minimum Gasteiger partial charge on any atom is -0.371 e. The second-order valence-electron chi connectivity index (χ2n) is 5.25. The summed E-state index contributed by atoms with van der Waals surface area (Å²) in [7, 11) is 0. The van der Waals surface area contributed by atoms with E-state index in [1.165, 1.54) is 10.7 Å². The van der Waals surface area contributed by atoms with Gasteiger partial charge >= 0.3 is 0 Å². The van der Waals surface area contributed by atoms with Crippen LogP contribution in [0.5, 0.6) is 0 Å². The van der Waals surface area contributed by atoms with Gasteiger partial charge in [-0.25, -0.2) is 8.78 Å². The SMILES string of the molecule is Fc1ccc(C2OCCC2Nc2ccc3nnnn3n2)cc1F. The molecule has 0 aliphatic carbocycles. The number of nitrogens with zero attached hydrogens (tertiary/aromatic N) is 5. The summed E-state index contributed by atoms with van der Waals surface area (Å²) in [6.07, 6.45) is 0.343. The fourth-order valence-electron chi connectivity index (χ4n) is 2.67. The zero-order valence-corrected chi connectivity index (χ0v) is 11.9. The fourth-order valence-corrected chi connectivity index (χ4v) is 2.67. The van der Waals surface area contributed by atoms with Gasteiger partial charge in [0.05, 0.1) is 6.04 Å². The Balaban J connectivity index is 1.58. The van der Waals surface area contributed by atoms with E-state index < -0.39 is 11.6 Å². The van der Waals surface area contributed by atoms with E-state index in [0.717, 1.165) is 18.6 Å². The molecule has 1 aliphatic heterocycles. The number of aromatic nitrogens is 5. The zero-order chi connectivity index (χ0) is 15.8. The number of tetrazole rings is 1. The standard InChI is InChI=1S/C14H12F2N6O/c15-9-2-1-8(7-10(9)16)14-11(5-6-23-14)17-12-3-4-13-18-20-21-22(13)19-12/h1-4,7,11,14H,5-6H2,(H,17,19). The number of rotatable bonds is 3. The van der Waals surface area contributed by atoms with Gasteiger partial charge in [0.25, 0.3) is 0 Å². The van der Waals surface area contributed by atoms with Gasteiger partial charge in [-0.3, -0.25) is 0 Å². The van der Waals surface area contributed by atoms with Crippen LogP contribution in [0.25, 0.3) is 5.65 Å². The second kappa shape index (κ2) is 5.51. The van der Waals surface area contributed by atoms with Crippen molar-refractivity contribution in [1.29, 1.82) is 0 Å². The average Bonchev–Trinajstić information content (AvgIpc) is 3.19. The van der Waals surface area contributed by atoms with Crippen LogP contribution in [0.3, 0.4) is 0 Å². The molecule has 0 bridgehead atoms. The number of fused-ring (bicyclic) bond motifs is 1. The van der Waals surface area contributed by atoms with E-state index >= 15 is 0 Å². The van der Waals surface area contributed by atoms with Gasteiger partial charge < -0.3 is 10.1 Å².